The van der Waals surface area contributed by atoms with Crippen molar-refractivity contribution in [2.45, 2.75) is 44.6 Å². The Morgan fingerprint density at radius 3 is 2.62 bits per heavy atom. The van der Waals surface area contributed by atoms with Crippen molar-refractivity contribution < 1.29 is 13.6 Å². The first kappa shape index (κ1) is 19.3. The maximum absolute atomic E-state index is 13.2. The van der Waals surface area contributed by atoms with E-state index in [9.17, 15) is 9.18 Å². The number of benzene rings is 2. The van der Waals surface area contributed by atoms with Crippen LogP contribution >= 0.6 is 0 Å². The number of nitrogens with zero attached hydrogens (tertiary/aromatic N) is 3. The fourth-order valence-corrected chi connectivity index (χ4v) is 4.05. The third-order valence-corrected chi connectivity index (χ3v) is 5.50. The van der Waals surface area contributed by atoms with E-state index < -0.39 is 0 Å². The standard InChI is InChI=1S/C23H24FN3O2/c1-16-25-26-23(29-16)21(18-6-3-2-4-7-18)15-22(28)27-13-5-8-20(27)14-17-9-11-19(24)12-10-17/h2-4,6-7,9-12,20-21H,5,8,13-15H2,1H3. The first-order valence-electron chi connectivity index (χ1n) is 9.99. The number of amides is 1. The molecular weight excluding hydrogens is 369 g/mol. The zero-order valence-electron chi connectivity index (χ0n) is 16.4. The highest BCUT2D eigenvalue weighted by atomic mass is 19.1. The van der Waals surface area contributed by atoms with Crippen LogP contribution in [0, 0.1) is 12.7 Å². The summed E-state index contributed by atoms with van der Waals surface area (Å²) in [6.45, 7) is 2.49. The average molecular weight is 393 g/mol. The molecular formula is C23H24FN3O2. The lowest BCUT2D eigenvalue weighted by Crippen LogP contribution is -2.37. The first-order chi connectivity index (χ1) is 14.1. The molecule has 1 fully saturated rings. The van der Waals surface area contributed by atoms with Gasteiger partial charge < -0.3 is 9.32 Å². The van der Waals surface area contributed by atoms with Crippen molar-refractivity contribution in [1.29, 1.82) is 0 Å². The molecule has 0 spiro atoms. The molecule has 2 aromatic carbocycles. The molecule has 2 unspecified atom stereocenters. The maximum atomic E-state index is 13.2. The SMILES string of the molecule is Cc1nnc(C(CC(=O)N2CCCC2Cc2ccc(F)cc2)c2ccccc2)o1. The smallest absolute Gasteiger partial charge is 0.224 e. The van der Waals surface area contributed by atoms with Crippen molar-refractivity contribution in [2.75, 3.05) is 6.54 Å². The second-order valence-electron chi connectivity index (χ2n) is 7.54. The Bertz CT molecular complexity index is 956. The van der Waals surface area contributed by atoms with Crippen LogP contribution in [-0.2, 0) is 11.2 Å². The van der Waals surface area contributed by atoms with Crippen molar-refractivity contribution in [2.24, 2.45) is 0 Å². The van der Waals surface area contributed by atoms with Gasteiger partial charge in [-0.05, 0) is 42.5 Å². The van der Waals surface area contributed by atoms with Crippen LogP contribution in [0.4, 0.5) is 4.39 Å². The Hall–Kier alpha value is -3.02. The van der Waals surface area contributed by atoms with Gasteiger partial charge in [-0.2, -0.15) is 0 Å². The molecule has 1 amide bonds. The van der Waals surface area contributed by atoms with Crippen molar-refractivity contribution in [3.05, 3.63) is 83.3 Å². The van der Waals surface area contributed by atoms with Gasteiger partial charge in [0, 0.05) is 25.9 Å². The summed E-state index contributed by atoms with van der Waals surface area (Å²) >= 11 is 0. The van der Waals surface area contributed by atoms with E-state index in [0.29, 0.717) is 11.8 Å². The molecule has 5 nitrogen and oxygen atoms in total. The minimum absolute atomic E-state index is 0.0827. The summed E-state index contributed by atoms with van der Waals surface area (Å²) in [5.74, 6) is 0.532. The van der Waals surface area contributed by atoms with Crippen LogP contribution in [0.25, 0.3) is 0 Å². The number of rotatable bonds is 6. The number of carbonyl (C=O) groups is 1. The lowest BCUT2D eigenvalue weighted by Gasteiger charge is -2.26. The van der Waals surface area contributed by atoms with E-state index in [4.69, 9.17) is 4.42 Å². The van der Waals surface area contributed by atoms with Crippen LogP contribution in [0.3, 0.4) is 0 Å². The van der Waals surface area contributed by atoms with Crippen molar-refractivity contribution in [3.8, 4) is 0 Å². The number of hydrogen-bond donors (Lipinski definition) is 0. The monoisotopic (exact) mass is 393 g/mol. The molecule has 1 aliphatic heterocycles. The normalized spacial score (nSPS) is 17.4. The van der Waals surface area contributed by atoms with Gasteiger partial charge in [-0.15, -0.1) is 10.2 Å². The molecule has 4 rings (SSSR count). The topological polar surface area (TPSA) is 59.2 Å². The highest BCUT2D eigenvalue weighted by Crippen LogP contribution is 2.30. The van der Waals surface area contributed by atoms with Crippen LogP contribution in [0.2, 0.25) is 0 Å². The zero-order chi connectivity index (χ0) is 20.2. The number of hydrogen-bond acceptors (Lipinski definition) is 4. The Labute approximate surface area is 169 Å². The van der Waals surface area contributed by atoms with E-state index in [1.807, 2.05) is 35.2 Å². The first-order valence-corrected chi connectivity index (χ1v) is 9.99. The largest absolute Gasteiger partial charge is 0.425 e. The highest BCUT2D eigenvalue weighted by molar-refractivity contribution is 5.78. The van der Waals surface area contributed by atoms with Crippen LogP contribution in [0.1, 0.15) is 48.1 Å². The molecule has 2 atom stereocenters. The molecule has 1 saturated heterocycles. The van der Waals surface area contributed by atoms with Gasteiger partial charge in [0.15, 0.2) is 0 Å². The molecule has 0 aliphatic carbocycles. The van der Waals surface area contributed by atoms with Crippen molar-refractivity contribution in [1.82, 2.24) is 15.1 Å². The van der Waals surface area contributed by atoms with Crippen LogP contribution < -0.4 is 0 Å². The minimum atomic E-state index is -0.267. The summed E-state index contributed by atoms with van der Waals surface area (Å²) in [4.78, 5) is 15.2. The molecule has 0 radical (unpaired) electrons. The maximum Gasteiger partial charge on any atom is 0.224 e. The molecule has 1 aromatic heterocycles. The summed E-state index contributed by atoms with van der Waals surface area (Å²) in [6.07, 6.45) is 2.96. The molecule has 29 heavy (non-hydrogen) atoms. The van der Waals surface area contributed by atoms with Gasteiger partial charge in [0.2, 0.25) is 17.7 Å². The molecule has 0 saturated carbocycles. The summed E-state index contributed by atoms with van der Waals surface area (Å²) in [5, 5.41) is 8.12. The fourth-order valence-electron chi connectivity index (χ4n) is 4.05. The van der Waals surface area contributed by atoms with Gasteiger partial charge in [0.25, 0.3) is 0 Å². The van der Waals surface area contributed by atoms with Crippen LogP contribution in [0.5, 0.6) is 0 Å². The molecule has 1 aliphatic rings. The summed E-state index contributed by atoms with van der Waals surface area (Å²) < 4.78 is 18.9. The predicted molar refractivity (Wildman–Crippen MR) is 107 cm³/mol. The minimum Gasteiger partial charge on any atom is -0.425 e. The number of carbonyl (C=O) groups excluding carboxylic acids is 1. The van der Waals surface area contributed by atoms with Gasteiger partial charge in [0.1, 0.15) is 5.82 Å². The Morgan fingerprint density at radius 1 is 1.17 bits per heavy atom. The van der Waals surface area contributed by atoms with E-state index >= 15 is 0 Å². The summed E-state index contributed by atoms with van der Waals surface area (Å²) in [7, 11) is 0. The van der Waals surface area contributed by atoms with Gasteiger partial charge in [-0.3, -0.25) is 4.79 Å². The number of halogens is 1. The number of aromatic nitrogens is 2. The zero-order valence-corrected chi connectivity index (χ0v) is 16.4. The number of likely N-dealkylation sites (tertiary alicyclic amines) is 1. The van der Waals surface area contributed by atoms with Gasteiger partial charge in [-0.1, -0.05) is 42.5 Å². The van der Waals surface area contributed by atoms with E-state index in [1.54, 1.807) is 19.1 Å². The van der Waals surface area contributed by atoms with E-state index in [1.165, 1.54) is 12.1 Å². The lowest BCUT2D eigenvalue weighted by atomic mass is 9.94. The van der Waals surface area contributed by atoms with Gasteiger partial charge >= 0.3 is 0 Å². The molecule has 6 heteroatoms. The fraction of sp³-hybridized carbons (Fsp3) is 0.348. The van der Waals surface area contributed by atoms with Gasteiger partial charge in [0.05, 0.1) is 5.92 Å². The molecule has 0 bridgehead atoms. The highest BCUT2D eigenvalue weighted by Gasteiger charge is 2.32. The van der Waals surface area contributed by atoms with E-state index in [-0.39, 0.29) is 30.1 Å². The van der Waals surface area contributed by atoms with Crippen molar-refractivity contribution in [3.63, 3.8) is 0 Å². The van der Waals surface area contributed by atoms with Gasteiger partial charge in [-0.25, -0.2) is 4.39 Å². The summed E-state index contributed by atoms with van der Waals surface area (Å²) in [6, 6.07) is 16.5. The Morgan fingerprint density at radius 2 is 1.93 bits per heavy atom. The van der Waals surface area contributed by atoms with E-state index in [0.717, 1.165) is 36.9 Å². The molecule has 150 valence electrons. The van der Waals surface area contributed by atoms with E-state index in [2.05, 4.69) is 10.2 Å². The predicted octanol–water partition coefficient (Wildman–Crippen LogP) is 4.27. The third-order valence-electron chi connectivity index (χ3n) is 5.50. The second-order valence-corrected chi connectivity index (χ2v) is 7.54. The number of aryl methyl sites for hydroxylation is 1. The lowest BCUT2D eigenvalue weighted by molar-refractivity contribution is -0.132. The Balaban J connectivity index is 1.51. The Kier molecular flexibility index (Phi) is 5.69. The molecule has 2 heterocycles. The van der Waals surface area contributed by atoms with Crippen molar-refractivity contribution >= 4 is 5.91 Å². The van der Waals surface area contributed by atoms with Crippen LogP contribution in [-0.4, -0.2) is 33.6 Å². The molecule has 0 N–H and O–H groups in total. The average Bonchev–Trinajstić information content (AvgIpc) is 3.37. The van der Waals surface area contributed by atoms with Crippen LogP contribution in [0.15, 0.2) is 59.0 Å². The molecule has 3 aromatic rings. The second kappa shape index (κ2) is 8.55. The third kappa shape index (κ3) is 4.53. The quantitative estimate of drug-likeness (QED) is 0.627. The summed E-state index contributed by atoms with van der Waals surface area (Å²) in [5.41, 5.74) is 2.03.